The van der Waals surface area contributed by atoms with Crippen LogP contribution in [0.15, 0.2) is 4.99 Å². The van der Waals surface area contributed by atoms with E-state index in [0.29, 0.717) is 12.6 Å². The number of halogens is 1. The molecular weight excluding hydrogens is 337 g/mol. The molecule has 0 aromatic heterocycles. The second-order valence-electron chi connectivity index (χ2n) is 4.29. The first-order chi connectivity index (χ1) is 8.24. The molecule has 0 saturated carbocycles. The van der Waals surface area contributed by atoms with Crippen molar-refractivity contribution in [2.45, 2.75) is 58.9 Å². The Morgan fingerprint density at radius 3 is 2.56 bits per heavy atom. The van der Waals surface area contributed by atoms with E-state index in [-0.39, 0.29) is 24.0 Å². The summed E-state index contributed by atoms with van der Waals surface area (Å²) in [6.07, 6.45) is 11.6. The fourth-order valence-corrected chi connectivity index (χ4v) is 1.63. The van der Waals surface area contributed by atoms with Crippen molar-refractivity contribution in [1.82, 2.24) is 10.6 Å². The van der Waals surface area contributed by atoms with Crippen molar-refractivity contribution in [2.75, 3.05) is 13.1 Å². The first kappa shape index (κ1) is 19.9. The van der Waals surface area contributed by atoms with Gasteiger partial charge in [0.15, 0.2) is 5.96 Å². The summed E-state index contributed by atoms with van der Waals surface area (Å²) < 4.78 is 0. The fraction of sp³-hybridized carbons (Fsp3) is 0.786. The Kier molecular flexibility index (Phi) is 16.2. The van der Waals surface area contributed by atoms with Crippen LogP contribution in [0, 0.1) is 12.3 Å². The average Bonchev–Trinajstić information content (AvgIpc) is 2.32. The monoisotopic (exact) mass is 365 g/mol. The van der Waals surface area contributed by atoms with Crippen molar-refractivity contribution in [1.29, 1.82) is 0 Å². The highest BCUT2D eigenvalue weighted by Crippen LogP contribution is 2.04. The molecule has 4 heteroatoms. The Bertz CT molecular complexity index is 246. The molecule has 18 heavy (non-hydrogen) atoms. The zero-order chi connectivity index (χ0) is 12.9. The summed E-state index contributed by atoms with van der Waals surface area (Å²) >= 11 is 0. The normalized spacial score (nSPS) is 12.2. The van der Waals surface area contributed by atoms with Crippen LogP contribution in [0.2, 0.25) is 0 Å². The summed E-state index contributed by atoms with van der Waals surface area (Å²) in [6.45, 7) is 7.77. The third-order valence-electron chi connectivity index (χ3n) is 2.55. The summed E-state index contributed by atoms with van der Waals surface area (Å²) in [4.78, 5) is 4.27. The number of nitrogens with one attached hydrogen (secondary N) is 2. The van der Waals surface area contributed by atoms with Crippen LogP contribution in [0.25, 0.3) is 0 Å². The summed E-state index contributed by atoms with van der Waals surface area (Å²) in [6, 6.07) is 0.447. The molecule has 0 bridgehead atoms. The van der Waals surface area contributed by atoms with E-state index in [0.717, 1.165) is 12.5 Å². The number of rotatable bonds is 8. The maximum absolute atomic E-state index is 5.20. The van der Waals surface area contributed by atoms with E-state index < -0.39 is 0 Å². The molecule has 0 aliphatic rings. The van der Waals surface area contributed by atoms with Gasteiger partial charge in [0.25, 0.3) is 0 Å². The molecule has 0 radical (unpaired) electrons. The van der Waals surface area contributed by atoms with Gasteiger partial charge < -0.3 is 10.6 Å². The number of hydrogen-bond donors (Lipinski definition) is 2. The minimum absolute atomic E-state index is 0. The number of aliphatic imine (C=N–C) groups is 1. The van der Waals surface area contributed by atoms with Crippen LogP contribution in [0.5, 0.6) is 0 Å². The number of guanidine groups is 1. The summed E-state index contributed by atoms with van der Waals surface area (Å²) in [5, 5.41) is 6.57. The van der Waals surface area contributed by atoms with Crippen molar-refractivity contribution >= 4 is 29.9 Å². The first-order valence-corrected chi connectivity index (χ1v) is 6.72. The average molecular weight is 365 g/mol. The van der Waals surface area contributed by atoms with Gasteiger partial charge in [0.05, 0.1) is 0 Å². The second-order valence-corrected chi connectivity index (χ2v) is 4.29. The highest BCUT2D eigenvalue weighted by atomic mass is 127. The summed E-state index contributed by atoms with van der Waals surface area (Å²) in [7, 11) is 0. The van der Waals surface area contributed by atoms with E-state index in [1.807, 2.05) is 0 Å². The first-order valence-electron chi connectivity index (χ1n) is 6.72. The van der Waals surface area contributed by atoms with E-state index in [9.17, 15) is 0 Å². The maximum Gasteiger partial charge on any atom is 0.192 e. The molecule has 0 aromatic carbocycles. The standard InChI is InChI=1S/C14H27N3.HI/c1-5-8-9-10-11-13(4)17-14(15-7-3)16-12-6-2;/h2,13H,5,7-12H2,1,3-4H3,(H2,15,16,17);1H. The van der Waals surface area contributed by atoms with Crippen molar-refractivity contribution in [3.05, 3.63) is 0 Å². The molecule has 0 amide bonds. The molecule has 0 spiro atoms. The molecule has 106 valence electrons. The van der Waals surface area contributed by atoms with E-state index in [1.165, 1.54) is 32.1 Å². The Hall–Kier alpha value is -0.440. The minimum Gasteiger partial charge on any atom is -0.357 e. The molecule has 2 N–H and O–H groups in total. The van der Waals surface area contributed by atoms with Crippen LogP contribution in [-0.2, 0) is 0 Å². The van der Waals surface area contributed by atoms with Gasteiger partial charge in [-0.2, -0.15) is 0 Å². The quantitative estimate of drug-likeness (QED) is 0.228. The summed E-state index contributed by atoms with van der Waals surface area (Å²) in [5.41, 5.74) is 0. The molecule has 0 heterocycles. The van der Waals surface area contributed by atoms with Gasteiger partial charge in [-0.05, 0) is 20.3 Å². The molecule has 0 aliphatic heterocycles. The number of terminal acetylenes is 1. The minimum atomic E-state index is 0. The van der Waals surface area contributed by atoms with E-state index in [1.54, 1.807) is 0 Å². The second kappa shape index (κ2) is 14.6. The lowest BCUT2D eigenvalue weighted by Crippen LogP contribution is -2.42. The Balaban J connectivity index is 0. The predicted octanol–water partition coefficient (Wildman–Crippen LogP) is 3.15. The van der Waals surface area contributed by atoms with Crippen LogP contribution >= 0.6 is 24.0 Å². The lowest BCUT2D eigenvalue weighted by Gasteiger charge is -2.17. The van der Waals surface area contributed by atoms with E-state index in [4.69, 9.17) is 6.42 Å². The Morgan fingerprint density at radius 1 is 1.28 bits per heavy atom. The van der Waals surface area contributed by atoms with Gasteiger partial charge in [0.2, 0.25) is 0 Å². The van der Waals surface area contributed by atoms with E-state index in [2.05, 4.69) is 42.3 Å². The van der Waals surface area contributed by atoms with Crippen molar-refractivity contribution < 1.29 is 0 Å². The number of unbranched alkanes of at least 4 members (excludes halogenated alkanes) is 3. The predicted molar refractivity (Wildman–Crippen MR) is 91.6 cm³/mol. The van der Waals surface area contributed by atoms with Crippen LogP contribution in [0.1, 0.15) is 52.9 Å². The molecule has 1 atom stereocenters. The molecule has 0 aliphatic carbocycles. The lowest BCUT2D eigenvalue weighted by atomic mass is 10.1. The lowest BCUT2D eigenvalue weighted by molar-refractivity contribution is 0.537. The summed E-state index contributed by atoms with van der Waals surface area (Å²) in [5.74, 6) is 3.35. The van der Waals surface area contributed by atoms with Gasteiger partial charge in [-0.1, -0.05) is 38.5 Å². The van der Waals surface area contributed by atoms with Gasteiger partial charge in [0.1, 0.15) is 6.54 Å². The highest BCUT2D eigenvalue weighted by molar-refractivity contribution is 14.0. The van der Waals surface area contributed by atoms with Gasteiger partial charge in [0, 0.05) is 12.6 Å². The SMILES string of the molecule is C#CCN=C(NCC)NC(C)CCCCCC.I. The van der Waals surface area contributed by atoms with Crippen LogP contribution in [0.4, 0.5) is 0 Å². The third-order valence-corrected chi connectivity index (χ3v) is 2.55. The molecule has 1 unspecified atom stereocenters. The van der Waals surface area contributed by atoms with Gasteiger partial charge in [-0.25, -0.2) is 4.99 Å². The van der Waals surface area contributed by atoms with Crippen molar-refractivity contribution in [2.24, 2.45) is 4.99 Å². The zero-order valence-corrected chi connectivity index (χ0v) is 14.3. The molecular formula is C14H28IN3. The highest BCUT2D eigenvalue weighted by Gasteiger charge is 2.04. The molecule has 3 nitrogen and oxygen atoms in total. The largest absolute Gasteiger partial charge is 0.357 e. The van der Waals surface area contributed by atoms with Crippen LogP contribution in [-0.4, -0.2) is 25.1 Å². The molecule has 0 saturated heterocycles. The maximum atomic E-state index is 5.20. The Morgan fingerprint density at radius 2 is 2.00 bits per heavy atom. The third kappa shape index (κ3) is 12.0. The van der Waals surface area contributed by atoms with Crippen LogP contribution < -0.4 is 10.6 Å². The topological polar surface area (TPSA) is 36.4 Å². The van der Waals surface area contributed by atoms with Crippen LogP contribution in [0.3, 0.4) is 0 Å². The van der Waals surface area contributed by atoms with E-state index >= 15 is 0 Å². The van der Waals surface area contributed by atoms with Crippen molar-refractivity contribution in [3.63, 3.8) is 0 Å². The van der Waals surface area contributed by atoms with Gasteiger partial charge >= 0.3 is 0 Å². The fourth-order valence-electron chi connectivity index (χ4n) is 1.63. The van der Waals surface area contributed by atoms with Gasteiger partial charge in [-0.15, -0.1) is 30.4 Å². The smallest absolute Gasteiger partial charge is 0.192 e. The molecule has 0 rings (SSSR count). The van der Waals surface area contributed by atoms with Crippen molar-refractivity contribution in [3.8, 4) is 12.3 Å². The number of hydrogen-bond acceptors (Lipinski definition) is 1. The molecule has 0 aromatic rings. The molecule has 0 fully saturated rings. The van der Waals surface area contributed by atoms with Gasteiger partial charge in [-0.3, -0.25) is 0 Å². The zero-order valence-electron chi connectivity index (χ0n) is 12.0. The number of nitrogens with zero attached hydrogens (tertiary/aromatic N) is 1. The Labute approximate surface area is 130 Å².